The van der Waals surface area contributed by atoms with Gasteiger partial charge in [-0.25, -0.2) is 0 Å². The van der Waals surface area contributed by atoms with E-state index in [1.165, 1.54) is 57.8 Å². The molecule has 0 unspecified atom stereocenters. The first-order valence-corrected chi connectivity index (χ1v) is 16.5. The van der Waals surface area contributed by atoms with Gasteiger partial charge >= 0.3 is 225 Å². The van der Waals surface area contributed by atoms with Crippen LogP contribution in [0.1, 0.15) is 119 Å². The number of hydrogen-bond acceptors (Lipinski definition) is 1. The summed E-state index contributed by atoms with van der Waals surface area (Å²) >= 11 is 1.81. The van der Waals surface area contributed by atoms with Gasteiger partial charge in [0.05, 0.1) is 0 Å². The Bertz CT molecular complexity index is 892. The van der Waals surface area contributed by atoms with Gasteiger partial charge in [-0.15, -0.1) is 0 Å². The Hall–Kier alpha value is 0.366. The van der Waals surface area contributed by atoms with Crippen LogP contribution in [0.15, 0.2) is 0 Å². The van der Waals surface area contributed by atoms with Crippen molar-refractivity contribution >= 4 is 31.0 Å². The molecule has 34 heavy (non-hydrogen) atoms. The molecule has 0 amide bonds. The molecule has 3 heteroatoms. The predicted molar refractivity (Wildman–Crippen MR) is 139 cm³/mol. The van der Waals surface area contributed by atoms with Gasteiger partial charge in [0.15, 0.2) is 0 Å². The fraction of sp³-hybridized carbons (Fsp3) is 0.968. The van der Waals surface area contributed by atoms with Crippen LogP contribution in [0.25, 0.3) is 0 Å². The van der Waals surface area contributed by atoms with Crippen LogP contribution in [0.3, 0.4) is 0 Å². The van der Waals surface area contributed by atoms with Crippen molar-refractivity contribution in [3.05, 3.63) is 0 Å². The van der Waals surface area contributed by atoms with Gasteiger partial charge in [0, 0.05) is 0 Å². The molecule has 0 heterocycles. The topological polar surface area (TPSA) is 37.3 Å². The third kappa shape index (κ3) is 2.81. The van der Waals surface area contributed by atoms with E-state index in [1.807, 2.05) is 25.1 Å². The van der Waals surface area contributed by atoms with Crippen LogP contribution in [-0.2, 0) is 4.79 Å². The molecular formula is C31H49O2Po. The molecule has 0 aromatic heterocycles. The third-order valence-corrected chi connectivity index (χ3v) is 18.0. The summed E-state index contributed by atoms with van der Waals surface area (Å²) in [6, 6.07) is 0. The van der Waals surface area contributed by atoms with Gasteiger partial charge < -0.3 is 0 Å². The van der Waals surface area contributed by atoms with Gasteiger partial charge in [-0.3, -0.25) is 0 Å². The van der Waals surface area contributed by atoms with Crippen molar-refractivity contribution in [1.82, 2.24) is 0 Å². The Balaban J connectivity index is 1.41. The zero-order chi connectivity index (χ0) is 24.5. The molecule has 6 aliphatic rings. The SMILES string of the molecule is CC1([C@@H]2CC[C@]3(C(=O)O)CC[C@]4(C)[C@H](CC[C@@H]5[C@@]6(C)CC[C@H]([Po])C(C)(C)[C@@H]6CC[C@]54C)[C@@H]23)CC1. The quantitative estimate of drug-likeness (QED) is 0.327. The van der Waals surface area contributed by atoms with Crippen LogP contribution >= 0.6 is 0 Å². The summed E-state index contributed by atoms with van der Waals surface area (Å²) in [6.45, 7) is 15.8. The number of hydrogen-bond donors (Lipinski definition) is 1. The number of carboxylic acid groups (broad SMARTS) is 1. The summed E-state index contributed by atoms with van der Waals surface area (Å²) in [5.74, 6) is 2.92. The number of carbonyl (C=O) groups is 1. The summed E-state index contributed by atoms with van der Waals surface area (Å²) in [6.07, 6.45) is 15.2. The van der Waals surface area contributed by atoms with Crippen LogP contribution in [0.4, 0.5) is 0 Å². The molecule has 2 nitrogen and oxygen atoms in total. The molecule has 6 aliphatic carbocycles. The number of carboxylic acids is 1. The van der Waals surface area contributed by atoms with E-state index < -0.39 is 11.4 Å². The zero-order valence-corrected chi connectivity index (χ0v) is 25.9. The first-order valence-electron chi connectivity index (χ1n) is 14.7. The first-order chi connectivity index (χ1) is 15.8. The zero-order valence-electron chi connectivity index (χ0n) is 22.7. The van der Waals surface area contributed by atoms with Crippen molar-refractivity contribution in [3.8, 4) is 0 Å². The fourth-order valence-electron chi connectivity index (χ4n) is 12.3. The van der Waals surface area contributed by atoms with Crippen molar-refractivity contribution in [2.24, 2.45) is 62.1 Å². The summed E-state index contributed by atoms with van der Waals surface area (Å²) in [5.41, 5.74) is 1.63. The van der Waals surface area contributed by atoms with E-state index in [9.17, 15) is 9.90 Å². The van der Waals surface area contributed by atoms with Gasteiger partial charge in [-0.1, -0.05) is 0 Å². The summed E-state index contributed by atoms with van der Waals surface area (Å²) in [4.78, 5) is 12.9. The standard InChI is InChI=1S/C31H49O2.Po/c1-26(2)12-7-13-28(4)22(26)11-14-30(6)23(28)9-8-21-24-20(27(3)16-17-27)10-15-31(24,25(32)33)19-18-29(21,30)5;/h12,20-24H,7-11,13-19H2,1-6H3,(H,32,33);/t20-,21-,22+,23-,24-,28+,29-,30-,31+;/m1./s1. The van der Waals surface area contributed by atoms with Gasteiger partial charge in [0.2, 0.25) is 0 Å². The molecular weight excluding hydrogens is 613 g/mol. The van der Waals surface area contributed by atoms with Crippen molar-refractivity contribution < 1.29 is 9.90 Å². The second-order valence-corrected chi connectivity index (χ2v) is 18.0. The number of aliphatic carboxylic acids is 1. The molecule has 10 atom stereocenters. The van der Waals surface area contributed by atoms with Gasteiger partial charge in [-0.2, -0.15) is 0 Å². The average molecular weight is 663 g/mol. The Morgan fingerprint density at radius 3 is 2.06 bits per heavy atom. The Morgan fingerprint density at radius 1 is 0.706 bits per heavy atom. The molecule has 0 saturated heterocycles. The molecule has 0 aliphatic heterocycles. The predicted octanol–water partition coefficient (Wildman–Crippen LogP) is 7.91. The number of fused-ring (bicyclic) bond motifs is 7. The van der Waals surface area contributed by atoms with Gasteiger partial charge in [0.25, 0.3) is 0 Å². The summed E-state index contributed by atoms with van der Waals surface area (Å²) < 4.78 is 0.909. The molecule has 6 rings (SSSR count). The van der Waals surface area contributed by atoms with Crippen LogP contribution in [0, 0.1) is 62.1 Å². The number of rotatable bonds is 2. The van der Waals surface area contributed by atoms with Crippen molar-refractivity contribution in [1.29, 1.82) is 0 Å². The van der Waals surface area contributed by atoms with E-state index in [-0.39, 0.29) is 0 Å². The van der Waals surface area contributed by atoms with Crippen LogP contribution in [0.5, 0.6) is 0 Å². The molecule has 6 saturated carbocycles. The van der Waals surface area contributed by atoms with Crippen LogP contribution in [0.2, 0.25) is 3.58 Å². The molecule has 0 bridgehead atoms. The Kier molecular flexibility index (Phi) is 5.27. The first kappa shape index (κ1) is 24.7. The van der Waals surface area contributed by atoms with E-state index in [4.69, 9.17) is 0 Å². The van der Waals surface area contributed by atoms with E-state index in [2.05, 4.69) is 41.5 Å². The van der Waals surface area contributed by atoms with Crippen LogP contribution in [-0.4, -0.2) is 36.1 Å². The second kappa shape index (κ2) is 7.26. The average Bonchev–Trinajstić information content (AvgIpc) is 3.37. The van der Waals surface area contributed by atoms with Crippen molar-refractivity contribution in [2.45, 2.75) is 122 Å². The molecule has 0 spiro atoms. The van der Waals surface area contributed by atoms with Gasteiger partial charge in [0.1, 0.15) is 0 Å². The molecule has 1 N–H and O–H groups in total. The van der Waals surface area contributed by atoms with Crippen molar-refractivity contribution in [2.75, 3.05) is 0 Å². The van der Waals surface area contributed by atoms with Crippen LogP contribution < -0.4 is 0 Å². The van der Waals surface area contributed by atoms with E-state index in [0.29, 0.717) is 44.8 Å². The summed E-state index contributed by atoms with van der Waals surface area (Å²) in [5, 5.41) is 10.7. The molecule has 0 aromatic carbocycles. The Morgan fingerprint density at radius 2 is 1.41 bits per heavy atom. The molecule has 191 valence electrons. The second-order valence-electron chi connectivity index (χ2n) is 15.8. The minimum atomic E-state index is -0.445. The molecule has 6 fully saturated rings. The summed E-state index contributed by atoms with van der Waals surface area (Å²) in [7, 11) is 0. The molecule has 1 radical (unpaired) electrons. The van der Waals surface area contributed by atoms with E-state index in [1.54, 1.807) is 0 Å². The van der Waals surface area contributed by atoms with Gasteiger partial charge in [-0.05, 0) is 0 Å². The maximum atomic E-state index is 12.9. The van der Waals surface area contributed by atoms with Crippen molar-refractivity contribution in [3.63, 3.8) is 0 Å². The maximum absolute atomic E-state index is 12.9. The Labute approximate surface area is 224 Å². The monoisotopic (exact) mass is 662 g/mol. The van der Waals surface area contributed by atoms with E-state index >= 15 is 0 Å². The fourth-order valence-corrected chi connectivity index (χ4v) is 13.4. The molecule has 0 aromatic rings. The van der Waals surface area contributed by atoms with E-state index in [0.717, 1.165) is 34.7 Å². The minimum absolute atomic E-state index is 0.305. The normalized spacial score (nSPS) is 57.0. The third-order valence-electron chi connectivity index (χ3n) is 14.7.